The van der Waals surface area contributed by atoms with Crippen LogP contribution in [0.4, 0.5) is 10.5 Å². The molecule has 0 aromatic heterocycles. The average molecular weight is 433 g/mol. The van der Waals surface area contributed by atoms with Crippen LogP contribution in [-0.2, 0) is 15.9 Å². The number of halogens is 1. The molecule has 2 aromatic carbocycles. The third-order valence-corrected chi connectivity index (χ3v) is 4.58. The number of anilines is 1. The highest BCUT2D eigenvalue weighted by atomic mass is 35.5. The first-order chi connectivity index (χ1) is 14.1. The van der Waals surface area contributed by atoms with Gasteiger partial charge in [-0.15, -0.1) is 0 Å². The van der Waals surface area contributed by atoms with Gasteiger partial charge in [0.1, 0.15) is 5.60 Å². The van der Waals surface area contributed by atoms with Crippen molar-refractivity contribution in [1.29, 1.82) is 0 Å². The molecule has 2 aromatic rings. The number of alkyl carbamates (subject to hydrolysis) is 1. The summed E-state index contributed by atoms with van der Waals surface area (Å²) in [7, 11) is 3.22. The molecule has 0 aliphatic carbocycles. The van der Waals surface area contributed by atoms with Gasteiger partial charge in [0.15, 0.2) is 0 Å². The fourth-order valence-corrected chi connectivity index (χ4v) is 3.18. The SMILES string of the molecule is COC(=O)c1ccccc1N(C)CC(Cc1ccc(Cl)cc1)NC(=O)OC(C)(C)C. The molecule has 0 fully saturated rings. The molecule has 2 rings (SSSR count). The lowest BCUT2D eigenvalue weighted by molar-refractivity contribution is 0.0504. The number of likely N-dealkylation sites (N-methyl/N-ethyl adjacent to an activating group) is 1. The third kappa shape index (κ3) is 7.26. The van der Waals surface area contributed by atoms with E-state index in [0.717, 1.165) is 11.3 Å². The lowest BCUT2D eigenvalue weighted by Gasteiger charge is -2.29. The number of nitrogens with one attached hydrogen (secondary N) is 1. The van der Waals surface area contributed by atoms with Gasteiger partial charge in [-0.1, -0.05) is 35.9 Å². The summed E-state index contributed by atoms with van der Waals surface area (Å²) in [6, 6.07) is 14.4. The van der Waals surface area contributed by atoms with Crippen molar-refractivity contribution >= 4 is 29.4 Å². The third-order valence-electron chi connectivity index (χ3n) is 4.33. The molecule has 0 aliphatic rings. The smallest absolute Gasteiger partial charge is 0.407 e. The van der Waals surface area contributed by atoms with Gasteiger partial charge in [-0.2, -0.15) is 0 Å². The van der Waals surface area contributed by atoms with Crippen LogP contribution in [0.2, 0.25) is 5.02 Å². The molecule has 0 bridgehead atoms. The number of amides is 1. The van der Waals surface area contributed by atoms with Gasteiger partial charge in [0, 0.05) is 18.6 Å². The second-order valence-electron chi connectivity index (χ2n) is 8.06. The average Bonchev–Trinajstić information content (AvgIpc) is 2.67. The summed E-state index contributed by atoms with van der Waals surface area (Å²) in [6.45, 7) is 5.91. The molecule has 0 heterocycles. The van der Waals surface area contributed by atoms with E-state index in [1.54, 1.807) is 12.1 Å². The largest absolute Gasteiger partial charge is 0.465 e. The van der Waals surface area contributed by atoms with Gasteiger partial charge in [0.25, 0.3) is 0 Å². The first-order valence-corrected chi connectivity index (χ1v) is 10.1. The van der Waals surface area contributed by atoms with Crippen molar-refractivity contribution in [2.75, 3.05) is 25.6 Å². The summed E-state index contributed by atoms with van der Waals surface area (Å²) in [4.78, 5) is 26.5. The number of rotatable bonds is 7. The molecule has 0 saturated carbocycles. The van der Waals surface area contributed by atoms with E-state index in [2.05, 4.69) is 5.32 Å². The normalized spacial score (nSPS) is 12.1. The highest BCUT2D eigenvalue weighted by Gasteiger charge is 2.22. The molecule has 1 unspecified atom stereocenters. The highest BCUT2D eigenvalue weighted by molar-refractivity contribution is 6.30. The number of carbonyl (C=O) groups is 2. The first-order valence-electron chi connectivity index (χ1n) is 9.71. The van der Waals surface area contributed by atoms with Crippen molar-refractivity contribution in [3.63, 3.8) is 0 Å². The topological polar surface area (TPSA) is 67.9 Å². The zero-order chi connectivity index (χ0) is 22.3. The van der Waals surface area contributed by atoms with Crippen molar-refractivity contribution in [2.24, 2.45) is 0 Å². The molecule has 0 spiro atoms. The fraction of sp³-hybridized carbons (Fsp3) is 0.391. The molecule has 162 valence electrons. The Bertz CT molecular complexity index is 862. The lowest BCUT2D eigenvalue weighted by Crippen LogP contribution is -2.46. The minimum absolute atomic E-state index is 0.267. The number of hydrogen-bond donors (Lipinski definition) is 1. The molecule has 0 saturated heterocycles. The van der Waals surface area contributed by atoms with E-state index in [4.69, 9.17) is 21.1 Å². The van der Waals surface area contributed by atoms with Crippen molar-refractivity contribution in [3.8, 4) is 0 Å². The molecule has 1 amide bonds. The first kappa shape index (κ1) is 23.5. The van der Waals surface area contributed by atoms with E-state index < -0.39 is 17.7 Å². The summed E-state index contributed by atoms with van der Waals surface area (Å²) < 4.78 is 10.3. The molecule has 6 nitrogen and oxygen atoms in total. The van der Waals surface area contributed by atoms with Crippen LogP contribution in [0.5, 0.6) is 0 Å². The summed E-state index contributed by atoms with van der Waals surface area (Å²) in [6.07, 6.45) is 0.0809. The number of hydrogen-bond acceptors (Lipinski definition) is 5. The second kappa shape index (κ2) is 10.3. The van der Waals surface area contributed by atoms with Gasteiger partial charge in [0.05, 0.1) is 24.4 Å². The van der Waals surface area contributed by atoms with E-state index in [1.165, 1.54) is 7.11 Å². The molecule has 0 radical (unpaired) electrons. The Labute approximate surface area is 183 Å². The number of benzene rings is 2. The molecule has 1 N–H and O–H groups in total. The predicted octanol–water partition coefficient (Wildman–Crippen LogP) is 4.70. The van der Waals surface area contributed by atoms with Crippen LogP contribution in [0.1, 0.15) is 36.7 Å². The number of esters is 1. The van der Waals surface area contributed by atoms with Gasteiger partial charge in [-0.05, 0) is 57.0 Å². The van der Waals surface area contributed by atoms with Gasteiger partial charge in [-0.3, -0.25) is 0 Å². The predicted molar refractivity (Wildman–Crippen MR) is 119 cm³/mol. The fourth-order valence-electron chi connectivity index (χ4n) is 3.06. The van der Waals surface area contributed by atoms with Crippen LogP contribution in [-0.4, -0.2) is 44.4 Å². The standard InChI is InChI=1S/C23H29ClN2O4/c1-23(2,3)30-22(28)25-18(14-16-10-12-17(24)13-11-16)15-26(4)20-9-7-6-8-19(20)21(27)29-5/h6-13,18H,14-15H2,1-5H3,(H,25,28). The van der Waals surface area contributed by atoms with Gasteiger partial charge >= 0.3 is 12.1 Å². The molecule has 7 heteroatoms. The van der Waals surface area contributed by atoms with E-state index in [-0.39, 0.29) is 6.04 Å². The van der Waals surface area contributed by atoms with Crippen molar-refractivity contribution < 1.29 is 19.1 Å². The van der Waals surface area contributed by atoms with Crippen molar-refractivity contribution in [1.82, 2.24) is 5.32 Å². The Morgan fingerprint density at radius 2 is 1.73 bits per heavy atom. The Hall–Kier alpha value is -2.73. The van der Waals surface area contributed by atoms with E-state index in [1.807, 2.05) is 69.1 Å². The molecular formula is C23H29ClN2O4. The highest BCUT2D eigenvalue weighted by Crippen LogP contribution is 2.21. The molecule has 30 heavy (non-hydrogen) atoms. The number of methoxy groups -OCH3 is 1. The second-order valence-corrected chi connectivity index (χ2v) is 8.50. The summed E-state index contributed by atoms with van der Waals surface area (Å²) in [5.74, 6) is -0.410. The number of para-hydroxylation sites is 1. The van der Waals surface area contributed by atoms with Crippen LogP contribution in [0.3, 0.4) is 0 Å². The Kier molecular flexibility index (Phi) is 8.12. The number of carbonyl (C=O) groups excluding carboxylic acids is 2. The van der Waals surface area contributed by atoms with Crippen LogP contribution in [0, 0.1) is 0 Å². The molecule has 0 aliphatic heterocycles. The number of nitrogens with zero attached hydrogens (tertiary/aromatic N) is 1. The van der Waals surface area contributed by atoms with E-state index in [9.17, 15) is 9.59 Å². The summed E-state index contributed by atoms with van der Waals surface area (Å²) in [5.41, 5.74) is 1.61. The maximum absolute atomic E-state index is 12.4. The van der Waals surface area contributed by atoms with E-state index in [0.29, 0.717) is 23.6 Å². The maximum atomic E-state index is 12.4. The number of ether oxygens (including phenoxy) is 2. The van der Waals surface area contributed by atoms with Crippen LogP contribution in [0.25, 0.3) is 0 Å². The van der Waals surface area contributed by atoms with Crippen LogP contribution >= 0.6 is 11.6 Å². The molecule has 1 atom stereocenters. The zero-order valence-corrected chi connectivity index (χ0v) is 18.8. The van der Waals surface area contributed by atoms with Crippen LogP contribution < -0.4 is 10.2 Å². The summed E-state index contributed by atoms with van der Waals surface area (Å²) >= 11 is 5.99. The quantitative estimate of drug-likeness (QED) is 0.642. The maximum Gasteiger partial charge on any atom is 0.407 e. The molecular weight excluding hydrogens is 404 g/mol. The van der Waals surface area contributed by atoms with Crippen molar-refractivity contribution in [3.05, 3.63) is 64.7 Å². The van der Waals surface area contributed by atoms with E-state index >= 15 is 0 Å². The Balaban J connectivity index is 2.22. The van der Waals surface area contributed by atoms with Gasteiger partial charge < -0.3 is 19.7 Å². The summed E-state index contributed by atoms with van der Waals surface area (Å²) in [5, 5.41) is 3.60. The van der Waals surface area contributed by atoms with Gasteiger partial charge in [0.2, 0.25) is 0 Å². The van der Waals surface area contributed by atoms with Gasteiger partial charge in [-0.25, -0.2) is 9.59 Å². The minimum Gasteiger partial charge on any atom is -0.465 e. The van der Waals surface area contributed by atoms with Crippen molar-refractivity contribution in [2.45, 2.75) is 38.8 Å². The monoisotopic (exact) mass is 432 g/mol. The Morgan fingerprint density at radius 3 is 2.33 bits per heavy atom. The lowest BCUT2D eigenvalue weighted by atomic mass is 10.0. The van der Waals surface area contributed by atoms with Crippen LogP contribution in [0.15, 0.2) is 48.5 Å². The zero-order valence-electron chi connectivity index (χ0n) is 18.1. The minimum atomic E-state index is -0.599. The Morgan fingerprint density at radius 1 is 1.10 bits per heavy atom.